The second-order valence-corrected chi connectivity index (χ2v) is 7.24. The largest absolute Gasteiger partial charge is 0.384 e. The summed E-state index contributed by atoms with van der Waals surface area (Å²) in [6.45, 7) is 0.848. The molecule has 0 amide bonds. The molecule has 1 aliphatic rings. The summed E-state index contributed by atoms with van der Waals surface area (Å²) in [4.78, 5) is 0.126. The summed E-state index contributed by atoms with van der Waals surface area (Å²) in [7, 11) is -3.55. The minimum Gasteiger partial charge on any atom is -0.384 e. The lowest BCUT2D eigenvalue weighted by atomic mass is 10.2. The summed E-state index contributed by atoms with van der Waals surface area (Å²) in [6, 6.07) is 4.62. The van der Waals surface area contributed by atoms with Crippen LogP contribution >= 0.6 is 11.6 Å². The fraction of sp³-hybridized carbons (Fsp3) is 0.467. The van der Waals surface area contributed by atoms with Crippen LogP contribution < -0.4 is 0 Å². The molecule has 0 spiro atoms. The normalized spacial score (nSPS) is 16.9. The topological polar surface area (TPSA) is 57.6 Å². The Morgan fingerprint density at radius 3 is 2.43 bits per heavy atom. The first kappa shape index (κ1) is 16.3. The Kier molecular flexibility index (Phi) is 5.65. The van der Waals surface area contributed by atoms with E-state index in [9.17, 15) is 8.42 Å². The second-order valence-electron chi connectivity index (χ2n) is 4.92. The minimum atomic E-state index is -3.55. The number of hydrogen-bond donors (Lipinski definition) is 1. The molecule has 1 heterocycles. The third kappa shape index (κ3) is 3.98. The van der Waals surface area contributed by atoms with Crippen LogP contribution in [0.1, 0.15) is 31.2 Å². The van der Waals surface area contributed by atoms with Gasteiger partial charge in [-0.05, 0) is 31.0 Å². The number of nitrogens with zero attached hydrogens (tertiary/aromatic N) is 1. The maximum absolute atomic E-state index is 12.7. The average Bonchev–Trinajstić information content (AvgIpc) is 2.74. The predicted octanol–water partition coefficient (Wildman–Crippen LogP) is 2.25. The van der Waals surface area contributed by atoms with Gasteiger partial charge in [0.25, 0.3) is 0 Å². The Labute approximate surface area is 130 Å². The molecule has 114 valence electrons. The van der Waals surface area contributed by atoms with E-state index in [0.29, 0.717) is 18.7 Å². The van der Waals surface area contributed by atoms with Crippen LogP contribution in [0.2, 0.25) is 5.02 Å². The van der Waals surface area contributed by atoms with Crippen LogP contribution in [0.15, 0.2) is 23.1 Å². The molecule has 1 aromatic rings. The molecule has 4 nitrogen and oxygen atoms in total. The van der Waals surface area contributed by atoms with Gasteiger partial charge in [0.1, 0.15) is 11.5 Å². The van der Waals surface area contributed by atoms with Gasteiger partial charge in [0, 0.05) is 18.7 Å². The number of aliphatic hydroxyl groups excluding tert-OH is 1. The van der Waals surface area contributed by atoms with E-state index in [1.165, 1.54) is 16.4 Å². The first-order chi connectivity index (χ1) is 10.1. The van der Waals surface area contributed by atoms with Gasteiger partial charge in [-0.2, -0.15) is 4.31 Å². The van der Waals surface area contributed by atoms with Crippen molar-refractivity contribution in [2.45, 2.75) is 30.6 Å². The van der Waals surface area contributed by atoms with E-state index >= 15 is 0 Å². The van der Waals surface area contributed by atoms with Gasteiger partial charge in [-0.1, -0.05) is 36.3 Å². The lowest BCUT2D eigenvalue weighted by Gasteiger charge is -2.20. The molecule has 1 aromatic carbocycles. The molecule has 0 saturated carbocycles. The molecule has 6 heteroatoms. The Morgan fingerprint density at radius 1 is 1.19 bits per heavy atom. The molecule has 2 rings (SSSR count). The maximum atomic E-state index is 12.7. The van der Waals surface area contributed by atoms with Crippen LogP contribution in [0.5, 0.6) is 0 Å². The van der Waals surface area contributed by atoms with Crippen molar-refractivity contribution in [3.63, 3.8) is 0 Å². The monoisotopic (exact) mass is 327 g/mol. The maximum Gasteiger partial charge on any atom is 0.244 e. The van der Waals surface area contributed by atoms with E-state index in [-0.39, 0.29) is 16.5 Å². The smallest absolute Gasteiger partial charge is 0.244 e. The number of sulfonamides is 1. The van der Waals surface area contributed by atoms with Gasteiger partial charge in [0.05, 0.1) is 5.02 Å². The molecule has 0 aromatic heterocycles. The third-order valence-corrected chi connectivity index (χ3v) is 5.81. The molecule has 0 aliphatic carbocycles. The highest BCUT2D eigenvalue weighted by molar-refractivity contribution is 7.89. The predicted molar refractivity (Wildman–Crippen MR) is 82.6 cm³/mol. The van der Waals surface area contributed by atoms with E-state index in [2.05, 4.69) is 11.8 Å². The van der Waals surface area contributed by atoms with Gasteiger partial charge in [-0.15, -0.1) is 0 Å². The quantitative estimate of drug-likeness (QED) is 0.848. The van der Waals surface area contributed by atoms with Crippen LogP contribution in [0.25, 0.3) is 0 Å². The van der Waals surface area contributed by atoms with E-state index in [1.807, 2.05) is 0 Å². The molecule has 1 N–H and O–H groups in total. The fourth-order valence-corrected chi connectivity index (χ4v) is 4.39. The van der Waals surface area contributed by atoms with Crippen molar-refractivity contribution in [2.75, 3.05) is 19.7 Å². The van der Waals surface area contributed by atoms with Crippen LogP contribution in [0, 0.1) is 11.8 Å². The van der Waals surface area contributed by atoms with E-state index < -0.39 is 10.0 Å². The van der Waals surface area contributed by atoms with Crippen LogP contribution in [-0.2, 0) is 10.0 Å². The van der Waals surface area contributed by atoms with Crippen molar-refractivity contribution >= 4 is 21.6 Å². The number of aliphatic hydroxyl groups is 1. The zero-order chi connectivity index (χ0) is 15.3. The van der Waals surface area contributed by atoms with Crippen molar-refractivity contribution in [1.82, 2.24) is 4.31 Å². The molecule has 1 fully saturated rings. The van der Waals surface area contributed by atoms with E-state index in [1.54, 1.807) is 6.07 Å². The summed E-state index contributed by atoms with van der Waals surface area (Å²) < 4.78 is 26.8. The summed E-state index contributed by atoms with van der Waals surface area (Å²) in [5.74, 6) is 5.22. The number of rotatable bonds is 2. The molecule has 0 radical (unpaired) electrons. The lowest BCUT2D eigenvalue weighted by molar-refractivity contribution is 0.350. The van der Waals surface area contributed by atoms with Crippen molar-refractivity contribution < 1.29 is 13.5 Å². The minimum absolute atomic E-state index is 0.126. The molecule has 0 unspecified atom stereocenters. The summed E-state index contributed by atoms with van der Waals surface area (Å²) in [6.07, 6.45) is 3.90. The molecular formula is C15H18ClNO3S. The SMILES string of the molecule is O=S(=O)(c1ccc(C#CCO)cc1Cl)N1CCCCCC1. The first-order valence-electron chi connectivity index (χ1n) is 6.95. The van der Waals surface area contributed by atoms with Crippen molar-refractivity contribution in [3.05, 3.63) is 28.8 Å². The zero-order valence-corrected chi connectivity index (χ0v) is 13.3. The molecular weight excluding hydrogens is 310 g/mol. The summed E-state index contributed by atoms with van der Waals surface area (Å²) in [5.41, 5.74) is 0.587. The van der Waals surface area contributed by atoms with E-state index in [0.717, 1.165) is 25.7 Å². The Morgan fingerprint density at radius 2 is 1.86 bits per heavy atom. The molecule has 0 atom stereocenters. The zero-order valence-electron chi connectivity index (χ0n) is 11.7. The lowest BCUT2D eigenvalue weighted by Crippen LogP contribution is -2.32. The standard InChI is InChI=1S/C15H18ClNO3S/c16-14-12-13(6-5-11-18)7-8-15(14)21(19,20)17-9-3-1-2-4-10-17/h7-8,12,18H,1-4,9-11H2. The highest BCUT2D eigenvalue weighted by atomic mass is 35.5. The van der Waals surface area contributed by atoms with Gasteiger partial charge in [0.2, 0.25) is 10.0 Å². The van der Waals surface area contributed by atoms with Crippen molar-refractivity contribution in [1.29, 1.82) is 0 Å². The first-order valence-corrected chi connectivity index (χ1v) is 8.77. The van der Waals surface area contributed by atoms with Crippen molar-refractivity contribution in [2.24, 2.45) is 0 Å². The average molecular weight is 328 g/mol. The number of halogens is 1. The Hall–Kier alpha value is -1.06. The van der Waals surface area contributed by atoms with Gasteiger partial charge in [0.15, 0.2) is 0 Å². The van der Waals surface area contributed by atoms with Gasteiger partial charge >= 0.3 is 0 Å². The molecule has 21 heavy (non-hydrogen) atoms. The van der Waals surface area contributed by atoms with Gasteiger partial charge in [-0.3, -0.25) is 0 Å². The van der Waals surface area contributed by atoms with Crippen LogP contribution in [0.4, 0.5) is 0 Å². The highest BCUT2D eigenvalue weighted by Gasteiger charge is 2.27. The number of benzene rings is 1. The van der Waals surface area contributed by atoms with Gasteiger partial charge in [-0.25, -0.2) is 8.42 Å². The Balaban J connectivity index is 2.31. The molecule has 1 aliphatic heterocycles. The number of hydrogen-bond acceptors (Lipinski definition) is 3. The van der Waals surface area contributed by atoms with Crippen LogP contribution in [-0.4, -0.2) is 37.5 Å². The fourth-order valence-electron chi connectivity index (χ4n) is 2.35. The van der Waals surface area contributed by atoms with E-state index in [4.69, 9.17) is 16.7 Å². The summed E-state index contributed by atoms with van der Waals surface area (Å²) in [5, 5.41) is 8.84. The third-order valence-electron chi connectivity index (χ3n) is 3.43. The van der Waals surface area contributed by atoms with Gasteiger partial charge < -0.3 is 5.11 Å². The van der Waals surface area contributed by atoms with Crippen molar-refractivity contribution in [3.8, 4) is 11.8 Å². The molecule has 1 saturated heterocycles. The Bertz CT molecular complexity index is 653. The summed E-state index contributed by atoms with van der Waals surface area (Å²) >= 11 is 6.12. The highest BCUT2D eigenvalue weighted by Crippen LogP contribution is 2.27. The van der Waals surface area contributed by atoms with Crippen LogP contribution in [0.3, 0.4) is 0 Å². The molecule has 0 bridgehead atoms. The second kappa shape index (κ2) is 7.28.